The molecular formula is C18H12N3O5-. The second-order valence-corrected chi connectivity index (χ2v) is 5.73. The van der Waals surface area contributed by atoms with Crippen molar-refractivity contribution in [3.05, 3.63) is 87.3 Å². The molecule has 1 aliphatic rings. The molecule has 130 valence electrons. The van der Waals surface area contributed by atoms with Crippen LogP contribution in [0.4, 0.5) is 11.4 Å². The van der Waals surface area contributed by atoms with Crippen LogP contribution in [-0.2, 0) is 0 Å². The smallest absolute Gasteiger partial charge is 0.270 e. The Balaban J connectivity index is 1.67. The first-order valence-electron chi connectivity index (χ1n) is 7.75. The van der Waals surface area contributed by atoms with Crippen molar-refractivity contribution in [2.45, 2.75) is 6.17 Å². The molecule has 0 spiro atoms. The highest BCUT2D eigenvalue weighted by Crippen LogP contribution is 2.35. The van der Waals surface area contributed by atoms with Crippen LogP contribution < -0.4 is 5.32 Å². The number of furan rings is 1. The third-order valence-corrected chi connectivity index (χ3v) is 4.12. The van der Waals surface area contributed by atoms with Crippen molar-refractivity contribution < 1.29 is 14.1 Å². The Morgan fingerprint density at radius 1 is 1.08 bits per heavy atom. The molecule has 26 heavy (non-hydrogen) atoms. The topological polar surface area (TPSA) is 112 Å². The van der Waals surface area contributed by atoms with E-state index in [1.807, 2.05) is 0 Å². The van der Waals surface area contributed by atoms with Crippen LogP contribution in [0.15, 0.2) is 65.1 Å². The maximum atomic E-state index is 12.3. The number of nitrogens with one attached hydrogen (secondary N) is 1. The van der Waals surface area contributed by atoms with Gasteiger partial charge in [0.1, 0.15) is 11.5 Å². The number of non-ortho nitro benzene ring substituents is 1. The molecule has 0 saturated heterocycles. The lowest BCUT2D eigenvalue weighted by molar-refractivity contribution is -0.384. The summed E-state index contributed by atoms with van der Waals surface area (Å²) in [6.45, 7) is 0. The number of nitro groups is 1. The zero-order chi connectivity index (χ0) is 18.3. The van der Waals surface area contributed by atoms with Crippen LogP contribution in [0.1, 0.15) is 22.3 Å². The molecule has 0 saturated carbocycles. The Morgan fingerprint density at radius 3 is 2.69 bits per heavy atom. The van der Waals surface area contributed by atoms with Crippen LogP contribution in [0.3, 0.4) is 0 Å². The monoisotopic (exact) mass is 350 g/mol. The lowest BCUT2D eigenvalue weighted by Gasteiger charge is -2.41. The van der Waals surface area contributed by atoms with E-state index in [4.69, 9.17) is 4.42 Å². The number of anilines is 1. The fraction of sp³-hybridized carbons (Fsp3) is 0.0556. The van der Waals surface area contributed by atoms with Gasteiger partial charge < -0.3 is 20.0 Å². The number of fused-ring (bicyclic) bond motifs is 1. The Hall–Kier alpha value is -3.65. The second-order valence-electron chi connectivity index (χ2n) is 5.73. The predicted molar refractivity (Wildman–Crippen MR) is 93.1 cm³/mol. The molecule has 0 aliphatic carbocycles. The average molecular weight is 350 g/mol. The number of carbonyl (C=O) groups is 1. The van der Waals surface area contributed by atoms with Gasteiger partial charge in [-0.05, 0) is 24.3 Å². The number of hydrogen-bond donors (Lipinski definition) is 1. The lowest BCUT2D eigenvalue weighted by atomic mass is 10.1. The first kappa shape index (κ1) is 15.9. The van der Waals surface area contributed by atoms with Crippen molar-refractivity contribution >= 4 is 17.3 Å². The molecule has 2 heterocycles. The number of hydroxylamine groups is 2. The first-order valence-corrected chi connectivity index (χ1v) is 7.75. The van der Waals surface area contributed by atoms with Crippen molar-refractivity contribution in [2.24, 2.45) is 0 Å². The molecule has 1 aromatic heterocycles. The van der Waals surface area contributed by atoms with Gasteiger partial charge in [0.2, 0.25) is 5.91 Å². The fourth-order valence-corrected chi connectivity index (χ4v) is 2.85. The average Bonchev–Trinajstić information content (AvgIpc) is 3.15. The molecule has 0 bridgehead atoms. The molecule has 0 fully saturated rings. The van der Waals surface area contributed by atoms with Gasteiger partial charge in [-0.1, -0.05) is 24.3 Å². The number of rotatable bonds is 3. The summed E-state index contributed by atoms with van der Waals surface area (Å²) in [6.07, 6.45) is -1.01. The minimum atomic E-state index is -1.01. The number of carbonyl (C=O) groups excluding carboxylic acids is 1. The summed E-state index contributed by atoms with van der Waals surface area (Å²) in [7, 11) is 0. The van der Waals surface area contributed by atoms with Crippen LogP contribution in [0.2, 0.25) is 0 Å². The van der Waals surface area contributed by atoms with Crippen molar-refractivity contribution in [3.8, 4) is 11.3 Å². The van der Waals surface area contributed by atoms with Crippen molar-refractivity contribution in [2.75, 3.05) is 5.32 Å². The van der Waals surface area contributed by atoms with E-state index in [1.54, 1.807) is 48.5 Å². The first-order chi connectivity index (χ1) is 12.5. The number of hydrogen-bond acceptors (Lipinski definition) is 6. The van der Waals surface area contributed by atoms with Crippen LogP contribution in [-0.4, -0.2) is 15.9 Å². The Kier molecular flexibility index (Phi) is 3.67. The van der Waals surface area contributed by atoms with E-state index in [0.29, 0.717) is 27.6 Å². The number of para-hydroxylation sites is 1. The maximum absolute atomic E-state index is 12.3. The molecular weight excluding hydrogens is 338 g/mol. The normalized spacial score (nSPS) is 16.1. The Bertz CT molecular complexity index is 1010. The molecule has 0 radical (unpaired) electrons. The van der Waals surface area contributed by atoms with E-state index in [1.165, 1.54) is 12.1 Å². The Morgan fingerprint density at radius 2 is 1.88 bits per heavy atom. The standard InChI is InChI=1S/C18H12N3O5/c22-18-13-6-1-2-7-14(13)19-17(20(18)23)16-9-8-15(26-16)11-4-3-5-12(10-11)21(24)25/h1-10,17,19H/q-1. The van der Waals surface area contributed by atoms with Gasteiger partial charge in [0, 0.05) is 23.4 Å². The molecule has 8 heteroatoms. The summed E-state index contributed by atoms with van der Waals surface area (Å²) in [5.74, 6) is -0.0489. The van der Waals surface area contributed by atoms with E-state index >= 15 is 0 Å². The summed E-state index contributed by atoms with van der Waals surface area (Å²) >= 11 is 0. The van der Waals surface area contributed by atoms with Crippen molar-refractivity contribution in [3.63, 3.8) is 0 Å². The third-order valence-electron chi connectivity index (χ3n) is 4.12. The summed E-state index contributed by atoms with van der Waals surface area (Å²) in [5.41, 5.74) is 1.28. The van der Waals surface area contributed by atoms with E-state index in [0.717, 1.165) is 0 Å². The molecule has 1 N–H and O–H groups in total. The SMILES string of the molecule is O=C1c2ccccc2NC(c2ccc(-c3cccc([N+](=O)[O-])c3)o2)N1[O-]. The third kappa shape index (κ3) is 2.58. The molecule has 8 nitrogen and oxygen atoms in total. The lowest BCUT2D eigenvalue weighted by Crippen LogP contribution is -2.38. The van der Waals surface area contributed by atoms with Gasteiger partial charge in [-0.2, -0.15) is 0 Å². The van der Waals surface area contributed by atoms with Gasteiger partial charge in [0.25, 0.3) is 5.69 Å². The van der Waals surface area contributed by atoms with E-state index in [-0.39, 0.29) is 11.4 Å². The van der Waals surface area contributed by atoms with Gasteiger partial charge in [0.15, 0.2) is 6.17 Å². The maximum Gasteiger partial charge on any atom is 0.270 e. The zero-order valence-electron chi connectivity index (χ0n) is 13.3. The van der Waals surface area contributed by atoms with Crippen LogP contribution in [0.5, 0.6) is 0 Å². The van der Waals surface area contributed by atoms with Gasteiger partial charge >= 0.3 is 0 Å². The molecule has 1 unspecified atom stereocenters. The molecule has 1 amide bonds. The number of nitrogens with zero attached hydrogens (tertiary/aromatic N) is 2. The predicted octanol–water partition coefficient (Wildman–Crippen LogP) is 3.92. The van der Waals surface area contributed by atoms with E-state index < -0.39 is 17.0 Å². The summed E-state index contributed by atoms with van der Waals surface area (Å²) < 4.78 is 5.70. The summed E-state index contributed by atoms with van der Waals surface area (Å²) in [6, 6.07) is 15.9. The molecule has 3 aromatic rings. The second kappa shape index (κ2) is 6.01. The molecule has 1 aliphatic heterocycles. The largest absolute Gasteiger partial charge is 0.754 e. The number of amides is 1. The van der Waals surface area contributed by atoms with Gasteiger partial charge in [0.05, 0.1) is 10.5 Å². The van der Waals surface area contributed by atoms with Gasteiger partial charge in [-0.15, -0.1) is 0 Å². The van der Waals surface area contributed by atoms with Crippen LogP contribution >= 0.6 is 0 Å². The Labute approximate surface area is 147 Å². The molecule has 4 rings (SSSR count). The fourth-order valence-electron chi connectivity index (χ4n) is 2.85. The van der Waals surface area contributed by atoms with E-state index in [9.17, 15) is 20.1 Å². The highest BCUT2D eigenvalue weighted by molar-refractivity contribution is 6.01. The highest BCUT2D eigenvalue weighted by Gasteiger charge is 2.29. The molecule has 2 aromatic carbocycles. The number of nitro benzene ring substituents is 1. The summed E-state index contributed by atoms with van der Waals surface area (Å²) in [5, 5.41) is 26.5. The minimum Gasteiger partial charge on any atom is -0.754 e. The van der Waals surface area contributed by atoms with Gasteiger partial charge in [-0.3, -0.25) is 14.9 Å². The summed E-state index contributed by atoms with van der Waals surface area (Å²) in [4.78, 5) is 22.7. The number of benzene rings is 2. The van der Waals surface area contributed by atoms with E-state index in [2.05, 4.69) is 5.32 Å². The van der Waals surface area contributed by atoms with Crippen LogP contribution in [0, 0.1) is 15.3 Å². The van der Waals surface area contributed by atoms with Crippen molar-refractivity contribution in [1.29, 1.82) is 0 Å². The van der Waals surface area contributed by atoms with Crippen molar-refractivity contribution in [1.82, 2.24) is 5.06 Å². The minimum absolute atomic E-state index is 0.0641. The highest BCUT2D eigenvalue weighted by atomic mass is 16.6. The molecule has 1 atom stereocenters. The quantitative estimate of drug-likeness (QED) is 0.566. The zero-order valence-corrected chi connectivity index (χ0v) is 13.3. The van der Waals surface area contributed by atoms with Crippen LogP contribution in [0.25, 0.3) is 11.3 Å². The van der Waals surface area contributed by atoms with Gasteiger partial charge in [-0.25, -0.2) is 0 Å².